The van der Waals surface area contributed by atoms with Crippen LogP contribution in [0.25, 0.3) is 0 Å². The van der Waals surface area contributed by atoms with Crippen molar-refractivity contribution in [3.05, 3.63) is 0 Å². The Labute approximate surface area is 83.6 Å². The van der Waals surface area contributed by atoms with Gasteiger partial charge in [0.25, 0.3) is 0 Å². The zero-order valence-corrected chi connectivity index (χ0v) is 9.02. The maximum absolute atomic E-state index is 11.2. The number of halogens is 1. The fourth-order valence-corrected chi connectivity index (χ4v) is 2.43. The summed E-state index contributed by atoms with van der Waals surface area (Å²) in [4.78, 5) is 21.8. The molecule has 0 N–H and O–H groups in total. The van der Waals surface area contributed by atoms with Gasteiger partial charge in [0, 0.05) is 12.3 Å². The maximum Gasteiger partial charge on any atom is 0.221 e. The van der Waals surface area contributed by atoms with Crippen molar-refractivity contribution in [1.82, 2.24) is 0 Å². The van der Waals surface area contributed by atoms with Crippen LogP contribution >= 0.6 is 11.6 Å². The minimum absolute atomic E-state index is 0.0453. The number of hydrogen-bond acceptors (Lipinski definition) is 2. The lowest BCUT2D eigenvalue weighted by Gasteiger charge is -2.50. The Kier molecular flexibility index (Phi) is 2.81. The van der Waals surface area contributed by atoms with Crippen LogP contribution in [-0.4, -0.2) is 11.0 Å². The molecule has 13 heavy (non-hydrogen) atoms. The molecule has 0 aromatic heterocycles. The molecule has 0 radical (unpaired) electrons. The van der Waals surface area contributed by atoms with Gasteiger partial charge in [-0.15, -0.1) is 0 Å². The Bertz CT molecular complexity index is 245. The van der Waals surface area contributed by atoms with Crippen molar-refractivity contribution in [3.63, 3.8) is 0 Å². The van der Waals surface area contributed by atoms with E-state index in [-0.39, 0.29) is 28.3 Å². The number of ketones is 1. The predicted octanol–water partition coefficient (Wildman–Crippen LogP) is 2.39. The summed E-state index contributed by atoms with van der Waals surface area (Å²) in [6, 6.07) is 0. The van der Waals surface area contributed by atoms with Crippen LogP contribution < -0.4 is 0 Å². The summed E-state index contributed by atoms with van der Waals surface area (Å²) in [5.74, 6) is 0.628. The molecule has 0 spiro atoms. The van der Waals surface area contributed by atoms with Crippen molar-refractivity contribution in [3.8, 4) is 0 Å². The number of Topliss-reactive ketones (excluding diaryl/α,β-unsaturated/α-hetero) is 1. The van der Waals surface area contributed by atoms with Gasteiger partial charge in [-0.3, -0.25) is 9.59 Å². The fourth-order valence-electron chi connectivity index (χ4n) is 2.25. The second kappa shape index (κ2) is 3.41. The molecule has 2 nitrogen and oxygen atoms in total. The SMILES string of the molecule is CC(=O)[C@H]1C[C@H](CC(=O)Cl)C1(C)C. The predicted molar refractivity (Wildman–Crippen MR) is 51.5 cm³/mol. The molecule has 1 aliphatic rings. The van der Waals surface area contributed by atoms with Crippen LogP contribution in [0.15, 0.2) is 0 Å². The Morgan fingerprint density at radius 2 is 2.00 bits per heavy atom. The highest BCUT2D eigenvalue weighted by atomic mass is 35.5. The highest BCUT2D eigenvalue weighted by Gasteiger charge is 2.50. The molecule has 1 aliphatic carbocycles. The fraction of sp³-hybridized carbons (Fsp3) is 0.800. The molecule has 1 saturated carbocycles. The van der Waals surface area contributed by atoms with Crippen LogP contribution in [0.2, 0.25) is 0 Å². The number of rotatable bonds is 3. The third kappa shape index (κ3) is 1.93. The van der Waals surface area contributed by atoms with Gasteiger partial charge in [0.05, 0.1) is 0 Å². The van der Waals surface area contributed by atoms with Gasteiger partial charge in [0.1, 0.15) is 5.78 Å². The van der Waals surface area contributed by atoms with E-state index in [4.69, 9.17) is 11.6 Å². The van der Waals surface area contributed by atoms with Gasteiger partial charge in [-0.05, 0) is 36.3 Å². The topological polar surface area (TPSA) is 34.1 Å². The van der Waals surface area contributed by atoms with Crippen LogP contribution in [0.4, 0.5) is 0 Å². The molecule has 0 bridgehead atoms. The van der Waals surface area contributed by atoms with Gasteiger partial charge in [-0.2, -0.15) is 0 Å². The molecule has 2 atom stereocenters. The molecule has 0 aromatic carbocycles. The van der Waals surface area contributed by atoms with Crippen LogP contribution in [0, 0.1) is 17.3 Å². The minimum atomic E-state index is -0.292. The first-order valence-corrected chi connectivity index (χ1v) is 4.92. The molecule has 0 saturated heterocycles. The van der Waals surface area contributed by atoms with Crippen molar-refractivity contribution in [1.29, 1.82) is 0 Å². The van der Waals surface area contributed by atoms with Gasteiger partial charge >= 0.3 is 0 Å². The summed E-state index contributed by atoms with van der Waals surface area (Å²) in [6.45, 7) is 5.69. The first kappa shape index (κ1) is 10.7. The summed E-state index contributed by atoms with van der Waals surface area (Å²) >= 11 is 5.32. The van der Waals surface area contributed by atoms with Gasteiger partial charge in [0.2, 0.25) is 5.24 Å². The molecular formula is C10H15ClO2. The van der Waals surface area contributed by atoms with Gasteiger partial charge < -0.3 is 0 Å². The summed E-state index contributed by atoms with van der Waals surface area (Å²) in [5.41, 5.74) is -0.0453. The van der Waals surface area contributed by atoms with E-state index in [1.54, 1.807) is 6.92 Å². The van der Waals surface area contributed by atoms with Crippen molar-refractivity contribution < 1.29 is 9.59 Å². The van der Waals surface area contributed by atoms with Crippen LogP contribution in [-0.2, 0) is 9.59 Å². The monoisotopic (exact) mass is 202 g/mol. The average Bonchev–Trinajstić information content (AvgIpc) is 1.96. The lowest BCUT2D eigenvalue weighted by Crippen LogP contribution is -2.48. The second-order valence-electron chi connectivity index (χ2n) is 4.48. The van der Waals surface area contributed by atoms with E-state index in [0.717, 1.165) is 6.42 Å². The highest BCUT2D eigenvalue weighted by molar-refractivity contribution is 6.63. The summed E-state index contributed by atoms with van der Waals surface area (Å²) in [6.07, 6.45) is 1.22. The second-order valence-corrected chi connectivity index (χ2v) is 4.90. The Balaban J connectivity index is 2.59. The summed E-state index contributed by atoms with van der Waals surface area (Å²) < 4.78 is 0. The van der Waals surface area contributed by atoms with Crippen LogP contribution in [0.5, 0.6) is 0 Å². The Morgan fingerprint density at radius 3 is 2.31 bits per heavy atom. The van der Waals surface area contributed by atoms with E-state index in [1.807, 2.05) is 13.8 Å². The van der Waals surface area contributed by atoms with Gasteiger partial charge in [-0.25, -0.2) is 0 Å². The average molecular weight is 203 g/mol. The lowest BCUT2D eigenvalue weighted by atomic mass is 9.53. The minimum Gasteiger partial charge on any atom is -0.300 e. The molecule has 0 aliphatic heterocycles. The maximum atomic E-state index is 11.2. The molecule has 0 heterocycles. The van der Waals surface area contributed by atoms with Crippen molar-refractivity contribution in [2.45, 2.75) is 33.6 Å². The Hall–Kier alpha value is -0.370. The smallest absolute Gasteiger partial charge is 0.221 e. The normalized spacial score (nSPS) is 30.8. The molecule has 0 amide bonds. The largest absolute Gasteiger partial charge is 0.300 e. The molecule has 1 fully saturated rings. The summed E-state index contributed by atoms with van der Waals surface area (Å²) in [5, 5.41) is -0.292. The first-order valence-electron chi connectivity index (χ1n) is 4.54. The van der Waals surface area contributed by atoms with E-state index in [9.17, 15) is 9.59 Å². The lowest BCUT2D eigenvalue weighted by molar-refractivity contribution is -0.138. The molecule has 3 heteroatoms. The van der Waals surface area contributed by atoms with E-state index in [1.165, 1.54) is 0 Å². The molecule has 74 valence electrons. The van der Waals surface area contributed by atoms with E-state index >= 15 is 0 Å². The van der Waals surface area contributed by atoms with Crippen LogP contribution in [0.3, 0.4) is 0 Å². The van der Waals surface area contributed by atoms with E-state index < -0.39 is 0 Å². The molecule has 0 aromatic rings. The van der Waals surface area contributed by atoms with E-state index in [2.05, 4.69) is 0 Å². The van der Waals surface area contributed by atoms with Gasteiger partial charge in [-0.1, -0.05) is 13.8 Å². The first-order chi connectivity index (χ1) is 5.85. The zero-order chi connectivity index (χ0) is 10.2. The zero-order valence-electron chi connectivity index (χ0n) is 8.26. The number of carbonyl (C=O) groups is 2. The third-order valence-electron chi connectivity index (χ3n) is 3.37. The highest BCUT2D eigenvalue weighted by Crippen LogP contribution is 2.53. The van der Waals surface area contributed by atoms with Gasteiger partial charge in [0.15, 0.2) is 0 Å². The third-order valence-corrected chi connectivity index (χ3v) is 3.52. The van der Waals surface area contributed by atoms with Crippen LogP contribution in [0.1, 0.15) is 33.6 Å². The quantitative estimate of drug-likeness (QED) is 0.659. The van der Waals surface area contributed by atoms with Crippen molar-refractivity contribution >= 4 is 22.6 Å². The Morgan fingerprint density at radius 1 is 1.46 bits per heavy atom. The molecule has 0 unspecified atom stereocenters. The van der Waals surface area contributed by atoms with E-state index in [0.29, 0.717) is 6.42 Å². The molecular weight excluding hydrogens is 188 g/mol. The van der Waals surface area contributed by atoms with Crippen molar-refractivity contribution in [2.24, 2.45) is 17.3 Å². The number of carbonyl (C=O) groups excluding carboxylic acids is 2. The standard InChI is InChI=1S/C10H15ClO2/c1-6(12)8-4-7(5-9(11)13)10(8,2)3/h7-8H,4-5H2,1-3H3/t7-,8-/m1/s1. The summed E-state index contributed by atoms with van der Waals surface area (Å²) in [7, 11) is 0. The molecule has 1 rings (SSSR count). The number of hydrogen-bond donors (Lipinski definition) is 0. The van der Waals surface area contributed by atoms with Crippen molar-refractivity contribution in [2.75, 3.05) is 0 Å².